The first-order chi connectivity index (χ1) is 11.0. The van der Waals surface area contributed by atoms with Crippen molar-refractivity contribution < 1.29 is 19.4 Å². The van der Waals surface area contributed by atoms with Crippen LogP contribution in [0.5, 0.6) is 0 Å². The second kappa shape index (κ2) is 8.45. The zero-order valence-electron chi connectivity index (χ0n) is 13.2. The molecule has 6 heteroatoms. The summed E-state index contributed by atoms with van der Waals surface area (Å²) in [6, 6.07) is 5.78. The molecule has 0 saturated carbocycles. The Morgan fingerprint density at radius 1 is 1.39 bits per heavy atom. The topological polar surface area (TPSA) is 75.6 Å². The Morgan fingerprint density at radius 3 is 2.70 bits per heavy atom. The molecule has 1 aliphatic rings. The molecule has 2 N–H and O–H groups in total. The van der Waals surface area contributed by atoms with Crippen molar-refractivity contribution in [1.29, 1.82) is 0 Å². The average molecular weight is 384 g/mol. The van der Waals surface area contributed by atoms with Crippen molar-refractivity contribution in [2.75, 3.05) is 19.8 Å². The maximum Gasteiger partial charge on any atom is 0.308 e. The molecule has 126 valence electrons. The SMILES string of the molecule is Cc1ccc(CC(=O)NCC(C(=O)O)C2CCOCC2)cc1Br. The molecule has 1 aliphatic heterocycles. The van der Waals surface area contributed by atoms with E-state index in [1.165, 1.54) is 0 Å². The lowest BCUT2D eigenvalue weighted by molar-refractivity contribution is -0.144. The van der Waals surface area contributed by atoms with Crippen LogP contribution in [0.25, 0.3) is 0 Å². The van der Waals surface area contributed by atoms with Crippen LogP contribution >= 0.6 is 15.9 Å². The molecule has 5 nitrogen and oxygen atoms in total. The van der Waals surface area contributed by atoms with Crippen molar-refractivity contribution in [3.63, 3.8) is 0 Å². The van der Waals surface area contributed by atoms with E-state index in [1.54, 1.807) is 0 Å². The summed E-state index contributed by atoms with van der Waals surface area (Å²) >= 11 is 3.45. The molecule has 1 amide bonds. The normalized spacial score (nSPS) is 16.8. The van der Waals surface area contributed by atoms with Crippen LogP contribution < -0.4 is 5.32 Å². The quantitative estimate of drug-likeness (QED) is 0.791. The summed E-state index contributed by atoms with van der Waals surface area (Å²) in [5.74, 6) is -1.49. The molecule has 1 heterocycles. The zero-order chi connectivity index (χ0) is 16.8. The summed E-state index contributed by atoms with van der Waals surface area (Å²) in [7, 11) is 0. The molecule has 1 unspecified atom stereocenters. The van der Waals surface area contributed by atoms with Gasteiger partial charge in [0.05, 0.1) is 12.3 Å². The fourth-order valence-electron chi connectivity index (χ4n) is 2.79. The number of carboxylic acids is 1. The fraction of sp³-hybridized carbons (Fsp3) is 0.529. The molecule has 0 spiro atoms. The van der Waals surface area contributed by atoms with Crippen LogP contribution in [0.3, 0.4) is 0 Å². The number of aryl methyl sites for hydroxylation is 1. The Balaban J connectivity index is 1.88. The fourth-order valence-corrected chi connectivity index (χ4v) is 3.22. The van der Waals surface area contributed by atoms with Crippen molar-refractivity contribution in [3.8, 4) is 0 Å². The van der Waals surface area contributed by atoms with E-state index in [9.17, 15) is 14.7 Å². The van der Waals surface area contributed by atoms with Crippen molar-refractivity contribution in [2.45, 2.75) is 26.2 Å². The summed E-state index contributed by atoms with van der Waals surface area (Å²) in [5, 5.41) is 12.2. The van der Waals surface area contributed by atoms with Crippen molar-refractivity contribution in [2.24, 2.45) is 11.8 Å². The lowest BCUT2D eigenvalue weighted by Gasteiger charge is -2.27. The van der Waals surface area contributed by atoms with E-state index in [0.29, 0.717) is 13.2 Å². The molecule has 0 bridgehead atoms. The molecule has 0 radical (unpaired) electrons. The number of carboxylic acid groups (broad SMARTS) is 1. The second-order valence-electron chi connectivity index (χ2n) is 5.96. The van der Waals surface area contributed by atoms with Gasteiger partial charge in [0.15, 0.2) is 0 Å². The third-order valence-corrected chi connectivity index (χ3v) is 5.13. The molecule has 23 heavy (non-hydrogen) atoms. The van der Waals surface area contributed by atoms with Gasteiger partial charge >= 0.3 is 5.97 Å². The molecule has 1 aromatic rings. The van der Waals surface area contributed by atoms with Gasteiger partial charge in [-0.05, 0) is 42.9 Å². The van der Waals surface area contributed by atoms with Gasteiger partial charge in [-0.2, -0.15) is 0 Å². The van der Waals surface area contributed by atoms with Gasteiger partial charge < -0.3 is 15.2 Å². The van der Waals surface area contributed by atoms with Crippen LogP contribution in [-0.4, -0.2) is 36.7 Å². The van der Waals surface area contributed by atoms with E-state index >= 15 is 0 Å². The lowest BCUT2D eigenvalue weighted by atomic mass is 9.86. The highest BCUT2D eigenvalue weighted by Crippen LogP contribution is 2.24. The van der Waals surface area contributed by atoms with Crippen molar-refractivity contribution in [3.05, 3.63) is 33.8 Å². The predicted molar refractivity (Wildman–Crippen MR) is 90.3 cm³/mol. The first-order valence-electron chi connectivity index (χ1n) is 7.79. The van der Waals surface area contributed by atoms with Gasteiger partial charge in [-0.3, -0.25) is 9.59 Å². The standard InChI is InChI=1S/C17H22BrNO4/c1-11-2-3-12(8-15(11)18)9-16(20)19-10-14(17(21)22)13-4-6-23-7-5-13/h2-3,8,13-14H,4-7,9-10H2,1H3,(H,19,20)(H,21,22). The van der Waals surface area contributed by atoms with E-state index in [0.717, 1.165) is 28.4 Å². The number of hydrogen-bond donors (Lipinski definition) is 2. The summed E-state index contributed by atoms with van der Waals surface area (Å²) in [6.45, 7) is 3.35. The number of carbonyl (C=O) groups excluding carboxylic acids is 1. The van der Waals surface area contributed by atoms with Crippen LogP contribution in [0, 0.1) is 18.8 Å². The van der Waals surface area contributed by atoms with Gasteiger partial charge in [-0.1, -0.05) is 28.1 Å². The van der Waals surface area contributed by atoms with Gasteiger partial charge in [0.25, 0.3) is 0 Å². The van der Waals surface area contributed by atoms with E-state index < -0.39 is 11.9 Å². The second-order valence-corrected chi connectivity index (χ2v) is 6.81. The Bertz CT molecular complexity index is 570. The van der Waals surface area contributed by atoms with Gasteiger partial charge in [-0.15, -0.1) is 0 Å². The summed E-state index contributed by atoms with van der Waals surface area (Å²) in [6.07, 6.45) is 1.72. The zero-order valence-corrected chi connectivity index (χ0v) is 14.8. The molecule has 1 fully saturated rings. The van der Waals surface area contributed by atoms with Gasteiger partial charge in [0.2, 0.25) is 5.91 Å². The molecule has 1 atom stereocenters. The molecule has 0 aliphatic carbocycles. The number of carbonyl (C=O) groups is 2. The van der Waals surface area contributed by atoms with E-state index in [4.69, 9.17) is 4.74 Å². The molecular weight excluding hydrogens is 362 g/mol. The third kappa shape index (κ3) is 5.32. The number of hydrogen-bond acceptors (Lipinski definition) is 3. The van der Waals surface area contributed by atoms with E-state index in [1.807, 2.05) is 25.1 Å². The van der Waals surface area contributed by atoms with Crippen LogP contribution in [0.15, 0.2) is 22.7 Å². The van der Waals surface area contributed by atoms with Gasteiger partial charge in [0, 0.05) is 24.2 Å². The highest BCUT2D eigenvalue weighted by atomic mass is 79.9. The minimum Gasteiger partial charge on any atom is -0.481 e. The molecule has 1 saturated heterocycles. The number of rotatable bonds is 6. The number of benzene rings is 1. The van der Waals surface area contributed by atoms with Gasteiger partial charge in [-0.25, -0.2) is 0 Å². The molecular formula is C17H22BrNO4. The van der Waals surface area contributed by atoms with Gasteiger partial charge in [0.1, 0.15) is 0 Å². The monoisotopic (exact) mass is 383 g/mol. The summed E-state index contributed by atoms with van der Waals surface area (Å²) < 4.78 is 6.24. The Hall–Kier alpha value is -1.40. The molecule has 0 aromatic heterocycles. The van der Waals surface area contributed by atoms with Crippen LogP contribution in [0.4, 0.5) is 0 Å². The lowest BCUT2D eigenvalue weighted by Crippen LogP contribution is -2.39. The number of aliphatic carboxylic acids is 1. The Labute approximate surface area is 144 Å². The maximum atomic E-state index is 12.1. The van der Waals surface area contributed by atoms with Crippen LogP contribution in [-0.2, 0) is 20.7 Å². The Morgan fingerprint density at radius 2 is 2.09 bits per heavy atom. The summed E-state index contributed by atoms with van der Waals surface area (Å²) in [4.78, 5) is 23.5. The van der Waals surface area contributed by atoms with Crippen LogP contribution in [0.2, 0.25) is 0 Å². The van der Waals surface area contributed by atoms with Crippen LogP contribution in [0.1, 0.15) is 24.0 Å². The minimum absolute atomic E-state index is 0.0649. The van der Waals surface area contributed by atoms with E-state index in [-0.39, 0.29) is 24.8 Å². The molecule has 1 aromatic carbocycles. The molecule has 2 rings (SSSR count). The number of halogens is 1. The highest BCUT2D eigenvalue weighted by Gasteiger charge is 2.29. The number of ether oxygens (including phenoxy) is 1. The third-order valence-electron chi connectivity index (χ3n) is 4.27. The smallest absolute Gasteiger partial charge is 0.308 e. The maximum absolute atomic E-state index is 12.1. The van der Waals surface area contributed by atoms with E-state index in [2.05, 4.69) is 21.2 Å². The first-order valence-corrected chi connectivity index (χ1v) is 8.59. The number of amides is 1. The van der Waals surface area contributed by atoms with Crippen molar-refractivity contribution in [1.82, 2.24) is 5.32 Å². The Kier molecular flexibility index (Phi) is 6.59. The number of nitrogens with one attached hydrogen (secondary N) is 1. The predicted octanol–water partition coefficient (Wildman–Crippen LogP) is 2.54. The first kappa shape index (κ1) is 17.9. The largest absolute Gasteiger partial charge is 0.481 e. The van der Waals surface area contributed by atoms with Crippen molar-refractivity contribution >= 4 is 27.8 Å². The highest BCUT2D eigenvalue weighted by molar-refractivity contribution is 9.10. The minimum atomic E-state index is -0.852. The average Bonchev–Trinajstić information content (AvgIpc) is 2.52. The summed E-state index contributed by atoms with van der Waals surface area (Å²) in [5.41, 5.74) is 2.01.